The van der Waals surface area contributed by atoms with Crippen molar-refractivity contribution in [2.24, 2.45) is 5.73 Å². The highest BCUT2D eigenvalue weighted by Crippen LogP contribution is 2.24. The molecular formula is C15H23FN2O. The van der Waals surface area contributed by atoms with Gasteiger partial charge in [0.2, 0.25) is 0 Å². The lowest BCUT2D eigenvalue weighted by atomic mass is 9.91. The number of likely N-dealkylation sites (N-methyl/N-ethyl adjacent to an activating group) is 1. The average Bonchev–Trinajstić information content (AvgIpc) is 2.41. The van der Waals surface area contributed by atoms with E-state index in [0.717, 1.165) is 31.2 Å². The summed E-state index contributed by atoms with van der Waals surface area (Å²) in [6, 6.07) is 5.15. The lowest BCUT2D eigenvalue weighted by Crippen LogP contribution is -2.43. The van der Waals surface area contributed by atoms with Gasteiger partial charge in [-0.05, 0) is 31.5 Å². The van der Waals surface area contributed by atoms with Crippen molar-refractivity contribution in [1.29, 1.82) is 0 Å². The highest BCUT2D eigenvalue weighted by Gasteiger charge is 2.26. The lowest BCUT2D eigenvalue weighted by molar-refractivity contribution is 0.0284. The van der Waals surface area contributed by atoms with Gasteiger partial charge in [0, 0.05) is 24.7 Å². The molecule has 19 heavy (non-hydrogen) atoms. The van der Waals surface area contributed by atoms with Crippen molar-refractivity contribution >= 4 is 0 Å². The molecule has 106 valence electrons. The third kappa shape index (κ3) is 3.53. The van der Waals surface area contributed by atoms with Crippen LogP contribution in [0.1, 0.15) is 36.8 Å². The Hall–Kier alpha value is -0.970. The van der Waals surface area contributed by atoms with Crippen LogP contribution in [0.5, 0.6) is 0 Å². The summed E-state index contributed by atoms with van der Waals surface area (Å²) in [6.07, 6.45) is 3.76. The standard InChI is InChI=1S/C15H23FN2O/c1-18(14-4-2-3-5-15(14)19)10-12-8-11(9-17)6-7-13(12)16/h6-8,14-15,19H,2-5,9-10,17H2,1H3. The van der Waals surface area contributed by atoms with E-state index in [1.807, 2.05) is 13.1 Å². The van der Waals surface area contributed by atoms with E-state index in [9.17, 15) is 9.50 Å². The van der Waals surface area contributed by atoms with Crippen LogP contribution in [0.25, 0.3) is 0 Å². The van der Waals surface area contributed by atoms with Gasteiger partial charge in [-0.2, -0.15) is 0 Å². The average molecular weight is 266 g/mol. The number of aliphatic hydroxyl groups excluding tert-OH is 1. The Bertz CT molecular complexity index is 425. The maximum Gasteiger partial charge on any atom is 0.127 e. The largest absolute Gasteiger partial charge is 0.391 e. The Kier molecular flexibility index (Phi) is 4.91. The number of halogens is 1. The predicted octanol–water partition coefficient (Wildman–Crippen LogP) is 2.02. The van der Waals surface area contributed by atoms with Crippen molar-refractivity contribution in [2.45, 2.75) is 50.9 Å². The molecule has 1 fully saturated rings. The third-order valence-electron chi connectivity index (χ3n) is 4.03. The van der Waals surface area contributed by atoms with Crippen molar-refractivity contribution in [1.82, 2.24) is 4.90 Å². The summed E-state index contributed by atoms with van der Waals surface area (Å²) >= 11 is 0. The van der Waals surface area contributed by atoms with Crippen molar-refractivity contribution in [3.8, 4) is 0 Å². The van der Waals surface area contributed by atoms with Gasteiger partial charge in [-0.1, -0.05) is 25.0 Å². The van der Waals surface area contributed by atoms with Gasteiger partial charge in [0.15, 0.2) is 0 Å². The van der Waals surface area contributed by atoms with E-state index < -0.39 is 0 Å². The molecule has 1 aliphatic rings. The molecule has 2 rings (SSSR count). The summed E-state index contributed by atoms with van der Waals surface area (Å²) in [4.78, 5) is 2.06. The van der Waals surface area contributed by atoms with Gasteiger partial charge in [-0.3, -0.25) is 4.90 Å². The summed E-state index contributed by atoms with van der Waals surface area (Å²) in [5.74, 6) is -0.200. The van der Waals surface area contributed by atoms with Crippen LogP contribution in [-0.4, -0.2) is 29.2 Å². The number of hydrogen-bond donors (Lipinski definition) is 2. The topological polar surface area (TPSA) is 49.5 Å². The van der Waals surface area contributed by atoms with Gasteiger partial charge in [0.25, 0.3) is 0 Å². The molecule has 2 unspecified atom stereocenters. The minimum Gasteiger partial charge on any atom is -0.391 e. The quantitative estimate of drug-likeness (QED) is 0.876. The van der Waals surface area contributed by atoms with E-state index in [-0.39, 0.29) is 18.0 Å². The van der Waals surface area contributed by atoms with Crippen LogP contribution in [0.2, 0.25) is 0 Å². The van der Waals surface area contributed by atoms with Crippen LogP contribution >= 0.6 is 0 Å². The summed E-state index contributed by atoms with van der Waals surface area (Å²) < 4.78 is 13.8. The van der Waals surface area contributed by atoms with Gasteiger partial charge in [-0.25, -0.2) is 4.39 Å². The predicted molar refractivity (Wildman–Crippen MR) is 74.0 cm³/mol. The highest BCUT2D eigenvalue weighted by atomic mass is 19.1. The summed E-state index contributed by atoms with van der Waals surface area (Å²) in [7, 11) is 1.95. The van der Waals surface area contributed by atoms with E-state index in [0.29, 0.717) is 18.7 Å². The molecule has 0 radical (unpaired) electrons. The molecule has 0 amide bonds. The summed E-state index contributed by atoms with van der Waals surface area (Å²) in [5, 5.41) is 10.0. The molecule has 0 aliphatic heterocycles. The van der Waals surface area contributed by atoms with Gasteiger partial charge >= 0.3 is 0 Å². The van der Waals surface area contributed by atoms with E-state index in [1.54, 1.807) is 6.07 Å². The van der Waals surface area contributed by atoms with Crippen LogP contribution in [0, 0.1) is 5.82 Å². The molecule has 1 aliphatic carbocycles. The van der Waals surface area contributed by atoms with Gasteiger partial charge in [-0.15, -0.1) is 0 Å². The molecule has 1 aromatic rings. The van der Waals surface area contributed by atoms with E-state index in [4.69, 9.17) is 5.73 Å². The van der Waals surface area contributed by atoms with Crippen molar-refractivity contribution in [2.75, 3.05) is 7.05 Å². The first-order valence-electron chi connectivity index (χ1n) is 6.97. The van der Waals surface area contributed by atoms with Crippen molar-refractivity contribution in [3.05, 3.63) is 35.1 Å². The SMILES string of the molecule is CN(Cc1cc(CN)ccc1F)C1CCCCC1O. The number of benzene rings is 1. The number of aliphatic hydroxyl groups is 1. The molecule has 0 heterocycles. The zero-order valence-electron chi connectivity index (χ0n) is 11.5. The third-order valence-corrected chi connectivity index (χ3v) is 4.03. The van der Waals surface area contributed by atoms with Crippen LogP contribution in [0.3, 0.4) is 0 Å². The van der Waals surface area contributed by atoms with E-state index in [1.165, 1.54) is 6.07 Å². The molecule has 3 N–H and O–H groups in total. The van der Waals surface area contributed by atoms with Crippen LogP contribution < -0.4 is 5.73 Å². The normalized spacial score (nSPS) is 23.8. The summed E-state index contributed by atoms with van der Waals surface area (Å²) in [5.41, 5.74) is 7.18. The molecule has 2 atom stereocenters. The monoisotopic (exact) mass is 266 g/mol. The molecule has 0 saturated heterocycles. The summed E-state index contributed by atoms with van der Waals surface area (Å²) in [6.45, 7) is 0.935. The number of hydrogen-bond acceptors (Lipinski definition) is 3. The molecule has 3 nitrogen and oxygen atoms in total. The first kappa shape index (κ1) is 14.4. The lowest BCUT2D eigenvalue weighted by Gasteiger charge is -2.35. The van der Waals surface area contributed by atoms with Crippen LogP contribution in [-0.2, 0) is 13.1 Å². The number of rotatable bonds is 4. The number of nitrogens with two attached hydrogens (primary N) is 1. The molecule has 0 bridgehead atoms. The second-order valence-corrected chi connectivity index (χ2v) is 5.46. The van der Waals surface area contributed by atoms with E-state index >= 15 is 0 Å². The molecule has 0 spiro atoms. The van der Waals surface area contributed by atoms with Crippen molar-refractivity contribution < 1.29 is 9.50 Å². The Balaban J connectivity index is 2.07. The Morgan fingerprint density at radius 3 is 2.79 bits per heavy atom. The smallest absolute Gasteiger partial charge is 0.127 e. The fraction of sp³-hybridized carbons (Fsp3) is 0.600. The second kappa shape index (κ2) is 6.46. The Morgan fingerprint density at radius 1 is 1.37 bits per heavy atom. The molecule has 0 aromatic heterocycles. The molecular weight excluding hydrogens is 243 g/mol. The van der Waals surface area contributed by atoms with Crippen LogP contribution in [0.15, 0.2) is 18.2 Å². The highest BCUT2D eigenvalue weighted by molar-refractivity contribution is 5.25. The van der Waals surface area contributed by atoms with Crippen LogP contribution in [0.4, 0.5) is 4.39 Å². The van der Waals surface area contributed by atoms with Gasteiger partial charge in [0.05, 0.1) is 6.10 Å². The maximum absolute atomic E-state index is 13.8. The first-order chi connectivity index (χ1) is 9.11. The molecule has 4 heteroatoms. The van der Waals surface area contributed by atoms with Gasteiger partial charge in [0.1, 0.15) is 5.82 Å². The Labute approximate surface area is 114 Å². The Morgan fingerprint density at radius 2 is 2.11 bits per heavy atom. The molecule has 1 aromatic carbocycles. The second-order valence-electron chi connectivity index (χ2n) is 5.46. The molecule has 1 saturated carbocycles. The minimum atomic E-state index is -0.292. The zero-order chi connectivity index (χ0) is 13.8. The van der Waals surface area contributed by atoms with Crippen molar-refractivity contribution in [3.63, 3.8) is 0 Å². The minimum absolute atomic E-state index is 0.134. The zero-order valence-corrected chi connectivity index (χ0v) is 11.5. The van der Waals surface area contributed by atoms with Gasteiger partial charge < -0.3 is 10.8 Å². The fourth-order valence-electron chi connectivity index (χ4n) is 2.87. The number of nitrogens with zero attached hydrogens (tertiary/aromatic N) is 1. The fourth-order valence-corrected chi connectivity index (χ4v) is 2.87. The first-order valence-corrected chi connectivity index (χ1v) is 6.97. The van der Waals surface area contributed by atoms with E-state index in [2.05, 4.69) is 4.90 Å². The maximum atomic E-state index is 13.8.